The Bertz CT molecular complexity index is 442. The maximum Gasteiger partial charge on any atom is 0.143 e. The summed E-state index contributed by atoms with van der Waals surface area (Å²) in [4.78, 5) is 1.95. The third kappa shape index (κ3) is 2.25. The first kappa shape index (κ1) is 11.9. The summed E-state index contributed by atoms with van der Waals surface area (Å²) in [5, 5.41) is 18.3. The van der Waals surface area contributed by atoms with Gasteiger partial charge in [-0.2, -0.15) is 5.26 Å². The fourth-order valence-electron chi connectivity index (χ4n) is 2.37. The van der Waals surface area contributed by atoms with E-state index in [2.05, 4.69) is 0 Å². The van der Waals surface area contributed by atoms with Crippen LogP contribution in [0.25, 0.3) is 0 Å². The zero-order valence-corrected chi connectivity index (χ0v) is 9.56. The van der Waals surface area contributed by atoms with Gasteiger partial charge in [0.1, 0.15) is 17.4 Å². The molecule has 0 aromatic heterocycles. The number of benzene rings is 1. The van der Waals surface area contributed by atoms with E-state index in [0.717, 1.165) is 25.8 Å². The van der Waals surface area contributed by atoms with Gasteiger partial charge in [-0.05, 0) is 31.4 Å². The molecule has 1 N–H and O–H groups in total. The first-order valence-corrected chi connectivity index (χ1v) is 5.84. The summed E-state index contributed by atoms with van der Waals surface area (Å²) in [7, 11) is 0. The summed E-state index contributed by atoms with van der Waals surface area (Å²) in [6, 6.07) is 6.55. The Morgan fingerprint density at radius 2 is 2.29 bits per heavy atom. The molecule has 0 spiro atoms. The van der Waals surface area contributed by atoms with Crippen molar-refractivity contribution in [3.05, 3.63) is 29.6 Å². The van der Waals surface area contributed by atoms with Gasteiger partial charge in [-0.1, -0.05) is 6.07 Å². The second-order valence-corrected chi connectivity index (χ2v) is 4.27. The fraction of sp³-hybridized carbons (Fsp3) is 0.462. The molecule has 1 atom stereocenters. The number of piperidine rings is 1. The van der Waals surface area contributed by atoms with E-state index in [1.54, 1.807) is 12.1 Å². The zero-order valence-electron chi connectivity index (χ0n) is 9.56. The van der Waals surface area contributed by atoms with Crippen molar-refractivity contribution in [1.29, 1.82) is 5.26 Å². The van der Waals surface area contributed by atoms with E-state index in [9.17, 15) is 9.50 Å². The van der Waals surface area contributed by atoms with Gasteiger partial charge in [0.15, 0.2) is 0 Å². The predicted octanol–water partition coefficient (Wildman–Crippen LogP) is 2.05. The van der Waals surface area contributed by atoms with Crippen LogP contribution < -0.4 is 4.90 Å². The standard InChI is InChI=1S/C13H15FN2O/c14-12-5-3-6-13(11(12)8-15)16-7-2-1-4-10(16)9-17/h3,5-6,10,17H,1-2,4,7,9H2. The van der Waals surface area contributed by atoms with E-state index in [-0.39, 0.29) is 18.2 Å². The summed E-state index contributed by atoms with van der Waals surface area (Å²) < 4.78 is 13.5. The van der Waals surface area contributed by atoms with Crippen molar-refractivity contribution in [2.45, 2.75) is 25.3 Å². The van der Waals surface area contributed by atoms with Crippen LogP contribution in [0.4, 0.5) is 10.1 Å². The Morgan fingerprint density at radius 3 is 3.00 bits per heavy atom. The molecule has 0 saturated carbocycles. The second-order valence-electron chi connectivity index (χ2n) is 4.27. The summed E-state index contributed by atoms with van der Waals surface area (Å²) in [6.07, 6.45) is 2.97. The molecule has 1 fully saturated rings. The number of anilines is 1. The number of hydrogen-bond donors (Lipinski definition) is 1. The lowest BCUT2D eigenvalue weighted by Crippen LogP contribution is -2.42. The maximum absolute atomic E-state index is 13.5. The topological polar surface area (TPSA) is 47.3 Å². The van der Waals surface area contributed by atoms with Crippen LogP contribution in [0.5, 0.6) is 0 Å². The number of aliphatic hydroxyl groups is 1. The highest BCUT2D eigenvalue weighted by atomic mass is 19.1. The summed E-state index contributed by atoms with van der Waals surface area (Å²) in [6.45, 7) is 0.810. The third-order valence-electron chi connectivity index (χ3n) is 3.25. The predicted molar refractivity (Wildman–Crippen MR) is 63.2 cm³/mol. The van der Waals surface area contributed by atoms with Crippen molar-refractivity contribution >= 4 is 5.69 Å². The van der Waals surface area contributed by atoms with Crippen LogP contribution in [-0.4, -0.2) is 24.3 Å². The van der Waals surface area contributed by atoms with Crippen LogP contribution >= 0.6 is 0 Å². The molecule has 1 saturated heterocycles. The molecule has 1 unspecified atom stereocenters. The molecule has 0 amide bonds. The maximum atomic E-state index is 13.5. The quantitative estimate of drug-likeness (QED) is 0.852. The number of halogens is 1. The molecule has 1 heterocycles. The average molecular weight is 234 g/mol. The van der Waals surface area contributed by atoms with Crippen LogP contribution in [-0.2, 0) is 0 Å². The lowest BCUT2D eigenvalue weighted by atomic mass is 10.0. The highest BCUT2D eigenvalue weighted by molar-refractivity contribution is 5.60. The Labute approximate surface area is 100 Å². The van der Waals surface area contributed by atoms with Gasteiger partial charge in [0.2, 0.25) is 0 Å². The van der Waals surface area contributed by atoms with Crippen molar-refractivity contribution < 1.29 is 9.50 Å². The van der Waals surface area contributed by atoms with Crippen molar-refractivity contribution in [2.24, 2.45) is 0 Å². The Kier molecular flexibility index (Phi) is 3.60. The van der Waals surface area contributed by atoms with E-state index in [1.165, 1.54) is 6.07 Å². The molecule has 4 heteroatoms. The van der Waals surface area contributed by atoms with Crippen LogP contribution in [0.2, 0.25) is 0 Å². The monoisotopic (exact) mass is 234 g/mol. The molecule has 90 valence electrons. The van der Waals surface area contributed by atoms with E-state index >= 15 is 0 Å². The molecule has 1 aromatic rings. The van der Waals surface area contributed by atoms with Gasteiger partial charge in [0.25, 0.3) is 0 Å². The molecular weight excluding hydrogens is 219 g/mol. The van der Waals surface area contributed by atoms with Gasteiger partial charge in [-0.25, -0.2) is 4.39 Å². The van der Waals surface area contributed by atoms with Gasteiger partial charge in [0.05, 0.1) is 18.3 Å². The van der Waals surface area contributed by atoms with E-state index in [1.807, 2.05) is 11.0 Å². The Balaban J connectivity index is 2.38. The molecule has 1 aliphatic heterocycles. The Morgan fingerprint density at radius 1 is 1.47 bits per heavy atom. The summed E-state index contributed by atoms with van der Waals surface area (Å²) >= 11 is 0. The number of nitriles is 1. The minimum atomic E-state index is -0.493. The highest BCUT2D eigenvalue weighted by Crippen LogP contribution is 2.28. The normalized spacial score (nSPS) is 20.1. The van der Waals surface area contributed by atoms with Crippen molar-refractivity contribution in [3.8, 4) is 6.07 Å². The number of rotatable bonds is 2. The van der Waals surface area contributed by atoms with Crippen LogP contribution in [0.1, 0.15) is 24.8 Å². The molecule has 1 aromatic carbocycles. The second kappa shape index (κ2) is 5.15. The third-order valence-corrected chi connectivity index (χ3v) is 3.25. The van der Waals surface area contributed by atoms with Gasteiger partial charge in [0, 0.05) is 6.54 Å². The van der Waals surface area contributed by atoms with E-state index in [0.29, 0.717) is 5.69 Å². The first-order chi connectivity index (χ1) is 8.27. The molecule has 0 bridgehead atoms. The van der Waals surface area contributed by atoms with E-state index in [4.69, 9.17) is 5.26 Å². The smallest absolute Gasteiger partial charge is 0.143 e. The van der Waals surface area contributed by atoms with Gasteiger partial charge in [-0.15, -0.1) is 0 Å². The van der Waals surface area contributed by atoms with Gasteiger partial charge in [-0.3, -0.25) is 0 Å². The number of aliphatic hydroxyl groups excluding tert-OH is 1. The SMILES string of the molecule is N#Cc1c(F)cccc1N1CCCCC1CO. The molecule has 0 aliphatic carbocycles. The van der Waals surface area contributed by atoms with Gasteiger partial charge < -0.3 is 10.0 Å². The molecule has 0 radical (unpaired) electrons. The van der Waals surface area contributed by atoms with E-state index < -0.39 is 5.82 Å². The molecule has 1 aliphatic rings. The lowest BCUT2D eigenvalue weighted by Gasteiger charge is -2.37. The molecule has 17 heavy (non-hydrogen) atoms. The first-order valence-electron chi connectivity index (χ1n) is 5.84. The van der Waals surface area contributed by atoms with Gasteiger partial charge >= 0.3 is 0 Å². The largest absolute Gasteiger partial charge is 0.394 e. The van der Waals surface area contributed by atoms with Crippen LogP contribution in [0, 0.1) is 17.1 Å². The minimum Gasteiger partial charge on any atom is -0.394 e. The van der Waals surface area contributed by atoms with Crippen LogP contribution in [0.15, 0.2) is 18.2 Å². The van der Waals surface area contributed by atoms with Crippen LogP contribution in [0.3, 0.4) is 0 Å². The number of nitrogens with zero attached hydrogens (tertiary/aromatic N) is 2. The Hall–Kier alpha value is -1.60. The molecule has 3 nitrogen and oxygen atoms in total. The lowest BCUT2D eigenvalue weighted by molar-refractivity contribution is 0.240. The minimum absolute atomic E-state index is 0.00218. The van der Waals surface area contributed by atoms with Crippen molar-refractivity contribution in [3.63, 3.8) is 0 Å². The highest BCUT2D eigenvalue weighted by Gasteiger charge is 2.24. The number of hydrogen-bond acceptors (Lipinski definition) is 3. The van der Waals surface area contributed by atoms with Crippen molar-refractivity contribution in [2.75, 3.05) is 18.1 Å². The zero-order chi connectivity index (χ0) is 12.3. The average Bonchev–Trinajstić information content (AvgIpc) is 2.38. The summed E-state index contributed by atoms with van der Waals surface area (Å²) in [5.41, 5.74) is 0.680. The molecule has 2 rings (SSSR count). The van der Waals surface area contributed by atoms with Crippen molar-refractivity contribution in [1.82, 2.24) is 0 Å². The fourth-order valence-corrected chi connectivity index (χ4v) is 2.37. The molecular formula is C13H15FN2O. The summed E-state index contributed by atoms with van der Waals surface area (Å²) in [5.74, 6) is -0.493.